The van der Waals surface area contributed by atoms with Crippen molar-refractivity contribution in [3.8, 4) is 11.1 Å². The highest BCUT2D eigenvalue weighted by atomic mass is 32.2. The Bertz CT molecular complexity index is 1670. The van der Waals surface area contributed by atoms with Gasteiger partial charge in [0.2, 0.25) is 0 Å². The van der Waals surface area contributed by atoms with Crippen molar-refractivity contribution in [3.63, 3.8) is 0 Å². The van der Waals surface area contributed by atoms with Gasteiger partial charge in [0.25, 0.3) is 0 Å². The van der Waals surface area contributed by atoms with Crippen LogP contribution in [0, 0.1) is 5.92 Å². The quantitative estimate of drug-likeness (QED) is 0.138. The van der Waals surface area contributed by atoms with Crippen LogP contribution in [0.2, 0.25) is 0 Å². The topological polar surface area (TPSA) is 66.8 Å². The second-order valence-electron chi connectivity index (χ2n) is 12.3. The van der Waals surface area contributed by atoms with E-state index in [-0.39, 0.29) is 30.7 Å². The van der Waals surface area contributed by atoms with Crippen LogP contribution < -0.4 is 0 Å². The van der Waals surface area contributed by atoms with E-state index in [9.17, 15) is 14.7 Å². The van der Waals surface area contributed by atoms with E-state index in [1.165, 1.54) is 16.7 Å². The molecule has 0 radical (unpaired) electrons. The second kappa shape index (κ2) is 14.3. The van der Waals surface area contributed by atoms with Gasteiger partial charge >= 0.3 is 12.1 Å². The number of rotatable bonds is 12. The van der Waals surface area contributed by atoms with Gasteiger partial charge in [-0.25, -0.2) is 9.59 Å². The zero-order valence-corrected chi connectivity index (χ0v) is 27.5. The lowest BCUT2D eigenvalue weighted by molar-refractivity contribution is -0.142. The molecule has 0 unspecified atom stereocenters. The number of ether oxygens (including phenoxy) is 1. The van der Waals surface area contributed by atoms with Crippen molar-refractivity contribution in [2.45, 2.75) is 30.6 Å². The molecule has 1 amide bonds. The SMILES string of the molecule is CC(C)CN(C(=O)OCC1c2ccccc2-c2ccccc21)[C@@H](CSC(c1ccccc1)(c1ccccc1)c1ccccc1)C(=O)O. The summed E-state index contributed by atoms with van der Waals surface area (Å²) in [5.74, 6) is -1.00. The Balaban J connectivity index is 1.32. The lowest BCUT2D eigenvalue weighted by atomic mass is 9.84. The maximum Gasteiger partial charge on any atom is 0.410 e. The number of hydrogen-bond acceptors (Lipinski definition) is 4. The molecule has 1 aliphatic carbocycles. The molecule has 1 N–H and O–H groups in total. The summed E-state index contributed by atoms with van der Waals surface area (Å²) in [6, 6.07) is 45.8. The number of carboxylic acid groups (broad SMARTS) is 1. The van der Waals surface area contributed by atoms with E-state index in [1.54, 1.807) is 0 Å². The second-order valence-corrected chi connectivity index (χ2v) is 13.5. The van der Waals surface area contributed by atoms with Gasteiger partial charge in [0.1, 0.15) is 12.6 Å². The third-order valence-electron chi connectivity index (χ3n) is 8.79. The van der Waals surface area contributed by atoms with E-state index in [2.05, 4.69) is 60.7 Å². The van der Waals surface area contributed by atoms with E-state index >= 15 is 0 Å². The van der Waals surface area contributed by atoms with E-state index in [0.29, 0.717) is 0 Å². The molecule has 6 rings (SSSR count). The highest BCUT2D eigenvalue weighted by molar-refractivity contribution is 8.00. The highest BCUT2D eigenvalue weighted by Gasteiger charge is 2.41. The van der Waals surface area contributed by atoms with Crippen LogP contribution in [-0.2, 0) is 14.3 Å². The Morgan fingerprint density at radius 2 is 1.13 bits per heavy atom. The number of benzene rings is 5. The molecule has 0 aromatic heterocycles. The Morgan fingerprint density at radius 1 is 0.702 bits per heavy atom. The van der Waals surface area contributed by atoms with Crippen LogP contribution in [0.5, 0.6) is 0 Å². The molecule has 47 heavy (non-hydrogen) atoms. The van der Waals surface area contributed by atoms with Crippen molar-refractivity contribution in [3.05, 3.63) is 167 Å². The molecule has 5 nitrogen and oxygen atoms in total. The number of carboxylic acids is 1. The van der Waals surface area contributed by atoms with Crippen molar-refractivity contribution in [1.29, 1.82) is 0 Å². The average molecular weight is 642 g/mol. The van der Waals surface area contributed by atoms with Gasteiger partial charge in [-0.05, 0) is 44.9 Å². The van der Waals surface area contributed by atoms with Gasteiger partial charge in [-0.3, -0.25) is 4.90 Å². The molecule has 0 saturated carbocycles. The summed E-state index contributed by atoms with van der Waals surface area (Å²) in [5, 5.41) is 10.7. The molecule has 0 bridgehead atoms. The molecule has 0 fully saturated rings. The van der Waals surface area contributed by atoms with Crippen LogP contribution in [-0.4, -0.2) is 47.0 Å². The van der Waals surface area contributed by atoms with Gasteiger partial charge < -0.3 is 9.84 Å². The van der Waals surface area contributed by atoms with Crippen molar-refractivity contribution in [1.82, 2.24) is 4.90 Å². The van der Waals surface area contributed by atoms with Crippen LogP contribution in [0.1, 0.15) is 47.6 Å². The van der Waals surface area contributed by atoms with Crippen molar-refractivity contribution in [2.75, 3.05) is 18.9 Å². The minimum absolute atomic E-state index is 0.0319. The predicted octanol–water partition coefficient (Wildman–Crippen LogP) is 9.07. The summed E-state index contributed by atoms with van der Waals surface area (Å²) in [5.41, 5.74) is 7.60. The molecular formula is C41H39NO4S. The molecule has 0 heterocycles. The van der Waals surface area contributed by atoms with E-state index < -0.39 is 22.9 Å². The minimum atomic E-state index is -1.12. The van der Waals surface area contributed by atoms with E-state index in [1.807, 2.05) is 92.7 Å². The van der Waals surface area contributed by atoms with Gasteiger partial charge in [-0.1, -0.05) is 153 Å². The Labute approximate surface area is 281 Å². The van der Waals surface area contributed by atoms with Crippen LogP contribution in [0.25, 0.3) is 11.1 Å². The summed E-state index contributed by atoms with van der Waals surface area (Å²) in [7, 11) is 0. The number of fused-ring (bicyclic) bond motifs is 3. The first-order valence-corrected chi connectivity index (χ1v) is 17.0. The fourth-order valence-corrected chi connectivity index (χ4v) is 8.31. The summed E-state index contributed by atoms with van der Waals surface area (Å²) >= 11 is 1.53. The zero-order valence-electron chi connectivity index (χ0n) is 26.7. The van der Waals surface area contributed by atoms with Crippen LogP contribution >= 0.6 is 11.8 Å². The fraction of sp³-hybridized carbons (Fsp3) is 0.220. The molecule has 238 valence electrons. The lowest BCUT2D eigenvalue weighted by Gasteiger charge is -2.38. The first-order valence-electron chi connectivity index (χ1n) is 16.0. The number of amides is 1. The van der Waals surface area contributed by atoms with E-state index in [0.717, 1.165) is 38.9 Å². The zero-order chi connectivity index (χ0) is 32.8. The Hall–Kier alpha value is -4.81. The fourth-order valence-electron chi connectivity index (χ4n) is 6.67. The lowest BCUT2D eigenvalue weighted by Crippen LogP contribution is -2.49. The minimum Gasteiger partial charge on any atom is -0.480 e. The van der Waals surface area contributed by atoms with Crippen molar-refractivity contribution in [2.24, 2.45) is 5.92 Å². The number of carbonyl (C=O) groups is 2. The van der Waals surface area contributed by atoms with Crippen molar-refractivity contribution >= 4 is 23.8 Å². The number of aliphatic carboxylic acids is 1. The van der Waals surface area contributed by atoms with Gasteiger partial charge in [0, 0.05) is 18.2 Å². The molecule has 5 aromatic rings. The maximum atomic E-state index is 14.0. The number of hydrogen-bond donors (Lipinski definition) is 1. The third kappa shape index (κ3) is 6.56. The highest BCUT2D eigenvalue weighted by Crippen LogP contribution is 2.49. The first-order chi connectivity index (χ1) is 22.9. The summed E-state index contributed by atoms with van der Waals surface area (Å²) in [6.07, 6.45) is -0.613. The predicted molar refractivity (Wildman–Crippen MR) is 190 cm³/mol. The van der Waals surface area contributed by atoms with Gasteiger partial charge in [0.05, 0.1) is 4.75 Å². The summed E-state index contributed by atoms with van der Waals surface area (Å²) in [6.45, 7) is 4.35. The molecule has 1 aliphatic rings. The average Bonchev–Trinajstić information content (AvgIpc) is 3.43. The monoisotopic (exact) mass is 641 g/mol. The third-order valence-corrected chi connectivity index (χ3v) is 10.4. The van der Waals surface area contributed by atoms with Crippen LogP contribution in [0.4, 0.5) is 4.79 Å². The molecule has 1 atom stereocenters. The van der Waals surface area contributed by atoms with Gasteiger partial charge in [-0.15, -0.1) is 11.8 Å². The number of carbonyl (C=O) groups excluding carboxylic acids is 1. The molecule has 0 spiro atoms. The van der Waals surface area contributed by atoms with Gasteiger partial charge in [0.15, 0.2) is 0 Å². The largest absolute Gasteiger partial charge is 0.480 e. The number of thioether (sulfide) groups is 1. The maximum absolute atomic E-state index is 14.0. The van der Waals surface area contributed by atoms with Crippen molar-refractivity contribution < 1.29 is 19.4 Å². The molecule has 0 saturated heterocycles. The number of nitrogens with zero attached hydrogens (tertiary/aromatic N) is 1. The van der Waals surface area contributed by atoms with Crippen LogP contribution in [0.15, 0.2) is 140 Å². The van der Waals surface area contributed by atoms with Gasteiger partial charge in [-0.2, -0.15) is 0 Å². The summed E-state index contributed by atoms with van der Waals surface area (Å²) < 4.78 is 5.31. The smallest absolute Gasteiger partial charge is 0.410 e. The Morgan fingerprint density at radius 3 is 1.55 bits per heavy atom. The molecule has 6 heteroatoms. The summed E-state index contributed by atoms with van der Waals surface area (Å²) in [4.78, 5) is 28.5. The molecular weight excluding hydrogens is 603 g/mol. The first kappa shape index (κ1) is 32.1. The normalized spacial score (nSPS) is 13.1. The van der Waals surface area contributed by atoms with E-state index in [4.69, 9.17) is 4.74 Å². The standard InChI is InChI=1S/C41H39NO4S/c1-29(2)26-42(40(45)46-27-37-35-24-14-12-22-33(35)34-23-13-15-25-36(34)37)38(39(43)44)28-47-41(30-16-6-3-7-17-30,31-18-8-4-9-19-31)32-20-10-5-11-21-32/h3-25,29,37-38H,26-28H2,1-2H3,(H,43,44)/t38-/m0/s1. The molecule has 0 aliphatic heterocycles. The Kier molecular flexibility index (Phi) is 9.79. The van der Waals surface area contributed by atoms with Crippen LogP contribution in [0.3, 0.4) is 0 Å². The molecule has 5 aromatic carbocycles.